The van der Waals surface area contributed by atoms with Gasteiger partial charge in [-0.2, -0.15) is 0 Å². The van der Waals surface area contributed by atoms with Gasteiger partial charge in [-0.05, 0) is 41.5 Å². The fourth-order valence-corrected chi connectivity index (χ4v) is 2.84. The summed E-state index contributed by atoms with van der Waals surface area (Å²) in [7, 11) is 4.33. The van der Waals surface area contributed by atoms with Crippen LogP contribution in [0.15, 0.2) is 48.5 Å². The average Bonchev–Trinajstić information content (AvgIpc) is 2.77. The monoisotopic (exact) mass is 426 g/mol. The first-order valence-corrected chi connectivity index (χ1v) is 9.51. The van der Waals surface area contributed by atoms with Gasteiger partial charge in [-0.3, -0.25) is 14.4 Å². The Morgan fingerprint density at radius 1 is 0.968 bits per heavy atom. The molecule has 0 aliphatic rings. The lowest BCUT2D eigenvalue weighted by molar-refractivity contribution is -0.141. The summed E-state index contributed by atoms with van der Waals surface area (Å²) in [6.07, 6.45) is 2.96. The third kappa shape index (κ3) is 7.18. The van der Waals surface area contributed by atoms with Gasteiger partial charge in [0.15, 0.2) is 11.5 Å². The Morgan fingerprint density at radius 3 is 2.23 bits per heavy atom. The van der Waals surface area contributed by atoms with E-state index in [0.29, 0.717) is 22.7 Å². The molecule has 1 atom stereocenters. The summed E-state index contributed by atoms with van der Waals surface area (Å²) in [6.45, 7) is 1.43. The molecule has 0 bridgehead atoms. The van der Waals surface area contributed by atoms with Gasteiger partial charge < -0.3 is 24.8 Å². The van der Waals surface area contributed by atoms with Crippen molar-refractivity contribution in [3.8, 4) is 11.5 Å². The molecule has 8 heteroatoms. The van der Waals surface area contributed by atoms with Crippen molar-refractivity contribution in [2.75, 3.05) is 26.6 Å². The molecule has 2 aromatic rings. The molecule has 0 aliphatic heterocycles. The van der Waals surface area contributed by atoms with Gasteiger partial charge in [0.05, 0.1) is 33.8 Å². The summed E-state index contributed by atoms with van der Waals surface area (Å²) in [5.74, 6) is 0.0256. The molecule has 0 aromatic heterocycles. The van der Waals surface area contributed by atoms with Crippen molar-refractivity contribution in [3.63, 3.8) is 0 Å². The van der Waals surface area contributed by atoms with Crippen LogP contribution in [0.5, 0.6) is 11.5 Å². The van der Waals surface area contributed by atoms with Crippen LogP contribution in [0.4, 0.5) is 5.69 Å². The number of nitrogens with one attached hydrogen (secondary N) is 2. The highest BCUT2D eigenvalue weighted by Crippen LogP contribution is 2.31. The molecule has 0 heterocycles. The van der Waals surface area contributed by atoms with Crippen LogP contribution in [-0.2, 0) is 19.1 Å². The third-order valence-corrected chi connectivity index (χ3v) is 4.38. The minimum absolute atomic E-state index is 0.0447. The normalized spacial score (nSPS) is 11.5. The van der Waals surface area contributed by atoms with Crippen molar-refractivity contribution in [1.29, 1.82) is 0 Å². The maximum absolute atomic E-state index is 12.5. The van der Waals surface area contributed by atoms with Gasteiger partial charge in [-0.1, -0.05) is 18.2 Å². The van der Waals surface area contributed by atoms with Crippen LogP contribution < -0.4 is 20.1 Å². The van der Waals surface area contributed by atoms with Crippen molar-refractivity contribution < 1.29 is 28.6 Å². The number of carbonyl (C=O) groups is 3. The Bertz CT molecular complexity index is 953. The molecule has 1 unspecified atom stereocenters. The van der Waals surface area contributed by atoms with Crippen LogP contribution in [0, 0.1) is 0 Å². The summed E-state index contributed by atoms with van der Waals surface area (Å²) in [5, 5.41) is 5.49. The molecular formula is C23H26N2O6. The Hall–Kier alpha value is -3.81. The summed E-state index contributed by atoms with van der Waals surface area (Å²) in [4.78, 5) is 35.4. The number of methoxy groups -OCH3 is 3. The van der Waals surface area contributed by atoms with Crippen molar-refractivity contribution in [1.82, 2.24) is 5.32 Å². The fraction of sp³-hybridized carbons (Fsp3) is 0.261. The molecule has 0 saturated heterocycles. The first-order chi connectivity index (χ1) is 14.9. The quantitative estimate of drug-likeness (QED) is 0.472. The number of carbonyl (C=O) groups excluding carboxylic acids is 3. The van der Waals surface area contributed by atoms with Gasteiger partial charge in [0, 0.05) is 18.7 Å². The SMILES string of the molecule is COC(=O)CC(NC(=O)/C=C/c1ccc(NC(C)=O)cc1)c1ccc(OC)c(OC)c1. The topological polar surface area (TPSA) is 103 Å². The van der Waals surface area contributed by atoms with E-state index >= 15 is 0 Å². The number of esters is 1. The maximum atomic E-state index is 12.5. The third-order valence-electron chi connectivity index (χ3n) is 4.38. The Morgan fingerprint density at radius 2 is 1.65 bits per heavy atom. The molecule has 2 rings (SSSR count). The van der Waals surface area contributed by atoms with E-state index in [0.717, 1.165) is 5.56 Å². The van der Waals surface area contributed by atoms with Gasteiger partial charge in [0.1, 0.15) is 0 Å². The first kappa shape index (κ1) is 23.5. The highest BCUT2D eigenvalue weighted by atomic mass is 16.5. The smallest absolute Gasteiger partial charge is 0.307 e. The number of hydrogen-bond donors (Lipinski definition) is 2. The van der Waals surface area contributed by atoms with E-state index in [1.807, 2.05) is 0 Å². The number of amides is 2. The number of ether oxygens (including phenoxy) is 3. The molecule has 0 fully saturated rings. The van der Waals surface area contributed by atoms with Crippen molar-refractivity contribution >= 4 is 29.5 Å². The van der Waals surface area contributed by atoms with Gasteiger partial charge in [-0.15, -0.1) is 0 Å². The molecule has 8 nitrogen and oxygen atoms in total. The summed E-state index contributed by atoms with van der Waals surface area (Å²) < 4.78 is 15.3. The number of hydrogen-bond acceptors (Lipinski definition) is 6. The van der Waals surface area contributed by atoms with E-state index in [9.17, 15) is 14.4 Å². The molecule has 2 amide bonds. The van der Waals surface area contributed by atoms with Gasteiger partial charge in [-0.25, -0.2) is 0 Å². The van der Waals surface area contributed by atoms with Crippen molar-refractivity contribution in [3.05, 3.63) is 59.7 Å². The van der Waals surface area contributed by atoms with Crippen molar-refractivity contribution in [2.24, 2.45) is 0 Å². The highest BCUT2D eigenvalue weighted by Gasteiger charge is 2.20. The second kappa shape index (κ2) is 11.4. The van der Waals surface area contributed by atoms with Crippen LogP contribution >= 0.6 is 0 Å². The van der Waals surface area contributed by atoms with E-state index < -0.39 is 12.0 Å². The lowest BCUT2D eigenvalue weighted by Gasteiger charge is -2.19. The fourth-order valence-electron chi connectivity index (χ4n) is 2.84. The van der Waals surface area contributed by atoms with Crippen LogP contribution in [0.25, 0.3) is 6.08 Å². The van der Waals surface area contributed by atoms with Crippen LogP contribution in [0.2, 0.25) is 0 Å². The molecule has 164 valence electrons. The predicted molar refractivity (Wildman–Crippen MR) is 117 cm³/mol. The zero-order valence-corrected chi connectivity index (χ0v) is 17.9. The van der Waals surface area contributed by atoms with E-state index in [1.54, 1.807) is 48.5 Å². The Labute approximate surface area is 181 Å². The lowest BCUT2D eigenvalue weighted by Crippen LogP contribution is -2.29. The zero-order chi connectivity index (χ0) is 22.8. The van der Waals surface area contributed by atoms with E-state index in [4.69, 9.17) is 14.2 Å². The Balaban J connectivity index is 2.15. The molecule has 0 radical (unpaired) electrons. The van der Waals surface area contributed by atoms with Crippen LogP contribution in [-0.4, -0.2) is 39.1 Å². The number of anilines is 1. The van der Waals surface area contributed by atoms with Crippen LogP contribution in [0.1, 0.15) is 30.5 Å². The van der Waals surface area contributed by atoms with Gasteiger partial charge in [0.25, 0.3) is 0 Å². The summed E-state index contributed by atoms with van der Waals surface area (Å²) >= 11 is 0. The Kier molecular flexibility index (Phi) is 8.63. The first-order valence-electron chi connectivity index (χ1n) is 9.51. The molecule has 31 heavy (non-hydrogen) atoms. The summed E-state index contributed by atoms with van der Waals surface area (Å²) in [5.41, 5.74) is 2.12. The maximum Gasteiger partial charge on any atom is 0.307 e. The number of benzene rings is 2. The molecule has 0 spiro atoms. The lowest BCUT2D eigenvalue weighted by atomic mass is 10.0. The van der Waals surface area contributed by atoms with Gasteiger partial charge >= 0.3 is 5.97 Å². The minimum atomic E-state index is -0.619. The van der Waals surface area contributed by atoms with Gasteiger partial charge in [0.2, 0.25) is 11.8 Å². The molecular weight excluding hydrogens is 400 g/mol. The van der Waals surface area contributed by atoms with Crippen molar-refractivity contribution in [2.45, 2.75) is 19.4 Å². The van der Waals surface area contributed by atoms with E-state index in [1.165, 1.54) is 34.3 Å². The number of rotatable bonds is 9. The molecule has 0 aliphatic carbocycles. The van der Waals surface area contributed by atoms with E-state index in [-0.39, 0.29) is 18.2 Å². The molecule has 2 N–H and O–H groups in total. The second-order valence-electron chi connectivity index (χ2n) is 6.59. The molecule has 0 saturated carbocycles. The standard InChI is InChI=1S/C23H26N2O6/c1-15(26)24-18-9-5-16(6-10-18)7-12-22(27)25-19(14-23(28)31-4)17-8-11-20(29-2)21(13-17)30-3/h5-13,19H,14H2,1-4H3,(H,24,26)(H,25,27)/b12-7+. The van der Waals surface area contributed by atoms with Crippen LogP contribution in [0.3, 0.4) is 0 Å². The average molecular weight is 426 g/mol. The van der Waals surface area contributed by atoms with E-state index in [2.05, 4.69) is 10.6 Å². The largest absolute Gasteiger partial charge is 0.493 e. The molecule has 2 aromatic carbocycles. The minimum Gasteiger partial charge on any atom is -0.493 e. The second-order valence-corrected chi connectivity index (χ2v) is 6.59. The predicted octanol–water partition coefficient (Wildman–Crippen LogP) is 3.10. The highest BCUT2D eigenvalue weighted by molar-refractivity contribution is 5.92. The zero-order valence-electron chi connectivity index (χ0n) is 17.9. The summed E-state index contributed by atoms with van der Waals surface area (Å²) in [6, 6.07) is 11.6.